The van der Waals surface area contributed by atoms with E-state index < -0.39 is 11.7 Å². The van der Waals surface area contributed by atoms with Crippen LogP contribution in [0.15, 0.2) is 36.4 Å². The van der Waals surface area contributed by atoms with Gasteiger partial charge in [0.15, 0.2) is 11.5 Å². The van der Waals surface area contributed by atoms with Crippen LogP contribution < -0.4 is 14.7 Å². The van der Waals surface area contributed by atoms with Crippen molar-refractivity contribution < 1.29 is 14.3 Å². The number of benzene rings is 1. The summed E-state index contributed by atoms with van der Waals surface area (Å²) in [6.07, 6.45) is 1.89. The van der Waals surface area contributed by atoms with E-state index in [2.05, 4.69) is 15.1 Å². The van der Waals surface area contributed by atoms with Crippen LogP contribution in [0.2, 0.25) is 0 Å². The number of rotatable bonds is 2. The normalized spacial score (nSPS) is 18.9. The van der Waals surface area contributed by atoms with Crippen LogP contribution >= 0.6 is 0 Å². The average molecular weight is 438 g/mol. The third-order valence-electron chi connectivity index (χ3n) is 5.61. The van der Waals surface area contributed by atoms with E-state index in [9.17, 15) is 9.59 Å². The van der Waals surface area contributed by atoms with Gasteiger partial charge in [-0.2, -0.15) is 0 Å². The Labute approximate surface area is 189 Å². The van der Waals surface area contributed by atoms with Crippen molar-refractivity contribution in [1.82, 2.24) is 10.2 Å². The van der Waals surface area contributed by atoms with Crippen molar-refractivity contribution >= 4 is 29.2 Å². The first kappa shape index (κ1) is 22.0. The molecule has 2 aliphatic rings. The highest BCUT2D eigenvalue weighted by atomic mass is 16.6. The Morgan fingerprint density at radius 1 is 0.938 bits per heavy atom. The van der Waals surface area contributed by atoms with Gasteiger partial charge in [-0.1, -0.05) is 19.1 Å². The van der Waals surface area contributed by atoms with Crippen LogP contribution in [0.1, 0.15) is 51.0 Å². The van der Waals surface area contributed by atoms with Gasteiger partial charge in [0.05, 0.1) is 11.4 Å². The first-order valence-electron chi connectivity index (χ1n) is 11.2. The minimum atomic E-state index is -0.607. The smallest absolute Gasteiger partial charge is 0.414 e. The molecule has 1 saturated heterocycles. The molecule has 0 spiro atoms. The molecule has 1 aromatic heterocycles. The zero-order chi connectivity index (χ0) is 22.9. The maximum atomic E-state index is 13.5. The van der Waals surface area contributed by atoms with E-state index in [1.807, 2.05) is 58.0 Å². The fourth-order valence-corrected chi connectivity index (χ4v) is 4.17. The molecule has 3 heterocycles. The van der Waals surface area contributed by atoms with Gasteiger partial charge in [-0.25, -0.2) is 4.79 Å². The molecule has 8 heteroatoms. The average Bonchev–Trinajstić information content (AvgIpc) is 3.24. The highest BCUT2D eigenvalue weighted by Gasteiger charge is 2.34. The number of hydrogen-bond donors (Lipinski definition) is 0. The van der Waals surface area contributed by atoms with Crippen molar-refractivity contribution in [3.8, 4) is 0 Å². The molecule has 0 unspecified atom stereocenters. The summed E-state index contributed by atoms with van der Waals surface area (Å²) >= 11 is 0. The summed E-state index contributed by atoms with van der Waals surface area (Å²) in [4.78, 5) is 31.9. The summed E-state index contributed by atoms with van der Waals surface area (Å²) in [5.41, 5.74) is 1.00. The van der Waals surface area contributed by atoms with Crippen LogP contribution in [-0.4, -0.2) is 54.0 Å². The predicted octanol–water partition coefficient (Wildman–Crippen LogP) is 4.11. The van der Waals surface area contributed by atoms with Crippen molar-refractivity contribution in [1.29, 1.82) is 0 Å². The molecule has 1 aromatic carbocycles. The first-order valence-corrected chi connectivity index (χ1v) is 11.2. The summed E-state index contributed by atoms with van der Waals surface area (Å²) in [7, 11) is 0. The lowest BCUT2D eigenvalue weighted by Gasteiger charge is -2.28. The quantitative estimate of drug-likeness (QED) is 0.703. The van der Waals surface area contributed by atoms with Crippen molar-refractivity contribution in [3.63, 3.8) is 0 Å². The number of ether oxygens (including phenoxy) is 1. The monoisotopic (exact) mass is 437 g/mol. The zero-order valence-corrected chi connectivity index (χ0v) is 19.2. The number of fused-ring (bicyclic) bond motifs is 1. The highest BCUT2D eigenvalue weighted by molar-refractivity contribution is 6.08. The summed E-state index contributed by atoms with van der Waals surface area (Å²) < 4.78 is 5.64. The fourth-order valence-electron chi connectivity index (χ4n) is 4.17. The van der Waals surface area contributed by atoms with E-state index in [4.69, 9.17) is 4.74 Å². The lowest BCUT2D eigenvalue weighted by Crippen LogP contribution is -2.39. The van der Waals surface area contributed by atoms with E-state index in [0.29, 0.717) is 30.2 Å². The number of para-hydroxylation sites is 2. The number of aromatic nitrogens is 2. The van der Waals surface area contributed by atoms with E-state index in [0.717, 1.165) is 31.7 Å². The summed E-state index contributed by atoms with van der Waals surface area (Å²) in [6, 6.07) is 11.0. The highest BCUT2D eigenvalue weighted by Crippen LogP contribution is 2.35. The second-order valence-corrected chi connectivity index (χ2v) is 9.57. The van der Waals surface area contributed by atoms with Crippen molar-refractivity contribution in [3.05, 3.63) is 42.1 Å². The molecule has 2 aromatic rings. The molecule has 170 valence electrons. The van der Waals surface area contributed by atoms with Crippen molar-refractivity contribution in [2.24, 2.45) is 5.92 Å². The Bertz CT molecular complexity index is 980. The Hall–Kier alpha value is -3.16. The fraction of sp³-hybridized carbons (Fsp3) is 0.500. The Morgan fingerprint density at radius 3 is 2.16 bits per heavy atom. The van der Waals surface area contributed by atoms with Crippen LogP contribution in [0.5, 0.6) is 0 Å². The van der Waals surface area contributed by atoms with Gasteiger partial charge >= 0.3 is 6.09 Å². The molecule has 1 fully saturated rings. The van der Waals surface area contributed by atoms with Gasteiger partial charge in [-0.3, -0.25) is 9.69 Å². The molecule has 0 radical (unpaired) electrons. The zero-order valence-electron chi connectivity index (χ0n) is 19.2. The Morgan fingerprint density at radius 2 is 1.56 bits per heavy atom. The molecular weight excluding hydrogens is 406 g/mol. The van der Waals surface area contributed by atoms with Crippen molar-refractivity contribution in [2.75, 3.05) is 40.9 Å². The van der Waals surface area contributed by atoms with Crippen LogP contribution in [0.4, 0.5) is 22.0 Å². The van der Waals surface area contributed by atoms with Gasteiger partial charge in [-0.15, -0.1) is 10.2 Å². The summed E-state index contributed by atoms with van der Waals surface area (Å²) in [6.45, 7) is 10.4. The van der Waals surface area contributed by atoms with Crippen LogP contribution in [-0.2, 0) is 4.74 Å². The molecule has 8 nitrogen and oxygen atoms in total. The van der Waals surface area contributed by atoms with E-state index in [1.54, 1.807) is 15.9 Å². The summed E-state index contributed by atoms with van der Waals surface area (Å²) in [5, 5.41) is 8.54. The van der Waals surface area contributed by atoms with Gasteiger partial charge in [0, 0.05) is 26.2 Å². The largest absolute Gasteiger partial charge is 0.443 e. The van der Waals surface area contributed by atoms with Gasteiger partial charge in [0.25, 0.3) is 5.91 Å². The maximum absolute atomic E-state index is 13.5. The van der Waals surface area contributed by atoms with E-state index in [-0.39, 0.29) is 11.8 Å². The topological polar surface area (TPSA) is 78.9 Å². The van der Waals surface area contributed by atoms with E-state index in [1.165, 1.54) is 0 Å². The minimum absolute atomic E-state index is 0.0377. The third-order valence-corrected chi connectivity index (χ3v) is 5.61. The van der Waals surface area contributed by atoms with Gasteiger partial charge in [-0.05, 0) is 63.8 Å². The first-order chi connectivity index (χ1) is 15.2. The molecule has 0 N–H and O–H groups in total. The lowest BCUT2D eigenvalue weighted by molar-refractivity contribution is 0.0577. The van der Waals surface area contributed by atoms with Gasteiger partial charge in [0.1, 0.15) is 5.60 Å². The van der Waals surface area contributed by atoms with Crippen LogP contribution in [0.25, 0.3) is 0 Å². The number of amides is 2. The number of carbonyl (C=O) groups is 2. The van der Waals surface area contributed by atoms with Gasteiger partial charge in [0.2, 0.25) is 0 Å². The van der Waals surface area contributed by atoms with Gasteiger partial charge < -0.3 is 14.5 Å². The number of carbonyl (C=O) groups excluding carboxylic acids is 2. The standard InChI is InChI=1S/C24H31N5O3/c1-17-15-28(22(30)18-11-12-21(26-25-18)27-13-7-8-14-27)19-9-5-6-10-20(19)29(16-17)23(31)32-24(2,3)4/h5-6,9-12,17H,7-8,13-16H2,1-4H3/t17-/m0/s1. The van der Waals surface area contributed by atoms with Crippen molar-refractivity contribution in [2.45, 2.75) is 46.1 Å². The maximum Gasteiger partial charge on any atom is 0.414 e. The van der Waals surface area contributed by atoms with E-state index >= 15 is 0 Å². The Kier molecular flexibility index (Phi) is 6.04. The predicted molar refractivity (Wildman–Crippen MR) is 124 cm³/mol. The Balaban J connectivity index is 1.63. The summed E-state index contributed by atoms with van der Waals surface area (Å²) in [5.74, 6) is 0.617. The molecule has 0 saturated carbocycles. The van der Waals surface area contributed by atoms with Crippen LogP contribution in [0.3, 0.4) is 0 Å². The second kappa shape index (κ2) is 8.76. The molecule has 2 aliphatic heterocycles. The SMILES string of the molecule is C[C@@H]1CN(C(=O)OC(C)(C)C)c2ccccc2N(C(=O)c2ccc(N3CCCC3)nn2)C1. The molecule has 2 amide bonds. The molecule has 0 aliphatic carbocycles. The minimum Gasteiger partial charge on any atom is -0.443 e. The number of anilines is 3. The molecule has 0 bridgehead atoms. The third kappa shape index (κ3) is 4.69. The molecule has 4 rings (SSSR count). The second-order valence-electron chi connectivity index (χ2n) is 9.57. The number of hydrogen-bond acceptors (Lipinski definition) is 6. The molecule has 1 atom stereocenters. The molecular formula is C24H31N5O3. The number of nitrogens with zero attached hydrogens (tertiary/aromatic N) is 5. The molecule has 32 heavy (non-hydrogen) atoms. The lowest BCUT2D eigenvalue weighted by atomic mass is 10.1. The van der Waals surface area contributed by atoms with Crippen LogP contribution in [0, 0.1) is 5.92 Å².